The molecule has 0 aromatic carbocycles. The van der Waals surface area contributed by atoms with Crippen molar-refractivity contribution in [2.45, 2.75) is 171 Å². The Morgan fingerprint density at radius 1 is 0.729 bits per heavy atom. The Balaban J connectivity index is 0.972. The number of amides is 1. The number of carboxylic acid groups (broad SMARTS) is 1. The van der Waals surface area contributed by atoms with E-state index < -0.39 is 17.4 Å². The van der Waals surface area contributed by atoms with Crippen LogP contribution in [0.15, 0.2) is 0 Å². The molecule has 0 aromatic heterocycles. The van der Waals surface area contributed by atoms with Crippen LogP contribution in [0.3, 0.4) is 0 Å². The molecular weight excluding hydrogens is 741 g/mol. The van der Waals surface area contributed by atoms with Gasteiger partial charge in [0, 0.05) is 43.9 Å². The van der Waals surface area contributed by atoms with Gasteiger partial charge in [0.1, 0.15) is 11.9 Å². The van der Waals surface area contributed by atoms with Crippen molar-refractivity contribution in [1.82, 2.24) is 9.80 Å². The van der Waals surface area contributed by atoms with E-state index in [1.165, 1.54) is 38.5 Å². The Hall–Kier alpha value is -2.00. The van der Waals surface area contributed by atoms with Crippen LogP contribution in [0.5, 0.6) is 0 Å². The normalized spacial score (nSPS) is 41.8. The van der Waals surface area contributed by atoms with Crippen LogP contribution < -0.4 is 0 Å². The zero-order valence-electron chi connectivity index (χ0n) is 38.3. The van der Waals surface area contributed by atoms with Gasteiger partial charge in [0.25, 0.3) is 0 Å². The lowest BCUT2D eigenvalue weighted by Gasteiger charge is -2.73. The predicted octanol–water partition coefficient (Wildman–Crippen LogP) is 9.20. The van der Waals surface area contributed by atoms with Crippen molar-refractivity contribution in [1.29, 1.82) is 0 Å². The molecule has 0 aromatic rings. The molecule has 0 unspecified atom stereocenters. The molecule has 2 saturated heterocycles. The minimum Gasteiger partial charge on any atom is -0.481 e. The van der Waals surface area contributed by atoms with Gasteiger partial charge in [-0.3, -0.25) is 24.1 Å². The van der Waals surface area contributed by atoms with Crippen LogP contribution in [0.4, 0.5) is 0 Å². The van der Waals surface area contributed by atoms with Gasteiger partial charge in [-0.1, -0.05) is 41.5 Å². The highest BCUT2D eigenvalue weighted by atomic mass is 16.5. The van der Waals surface area contributed by atoms with Crippen LogP contribution in [-0.2, 0) is 28.7 Å². The standard InChI is InChI=1S/C50H80N2O7/c1-44(2,43(56)57)32-40(54)59-39-15-18-47(6)37(45(39,3)4)14-19-49(8)38(47)12-11-35-41-34(46(5)21-22-46)13-20-50(41,24-23-48(35,49)7)42(55)52-26-16-33(17-27-52)36(53)10-9-25-51-28-30-58-31-29-51/h33-35,37-39,41H,9-32H2,1-8H3,(H,56,57)/t34-,35-,37+,38-,39+,41-,47+,48-,49-,50+/m1/s1. The van der Waals surface area contributed by atoms with Crippen molar-refractivity contribution in [3.8, 4) is 0 Å². The molecule has 59 heavy (non-hydrogen) atoms. The van der Waals surface area contributed by atoms with Crippen molar-refractivity contribution in [3.05, 3.63) is 0 Å². The fourth-order valence-corrected chi connectivity index (χ4v) is 16.4. The highest BCUT2D eigenvalue weighted by Gasteiger charge is 2.74. The third-order valence-electron chi connectivity index (χ3n) is 20.4. The van der Waals surface area contributed by atoms with E-state index in [0.29, 0.717) is 53.1 Å². The van der Waals surface area contributed by atoms with Crippen molar-refractivity contribution in [2.75, 3.05) is 45.9 Å². The number of ketones is 1. The maximum atomic E-state index is 15.3. The number of rotatable bonds is 11. The molecule has 6 saturated carbocycles. The number of aliphatic carboxylic acids is 1. The molecule has 10 atom stereocenters. The van der Waals surface area contributed by atoms with Crippen molar-refractivity contribution < 1.29 is 33.8 Å². The summed E-state index contributed by atoms with van der Waals surface area (Å²) in [5, 5.41) is 9.67. The number of morpholine rings is 1. The SMILES string of the molecule is CC(C)(CC(=O)O[C@H]1CC[C@]2(C)[C@H]3CC[C@@H]4[C@H]5[C@H](C6(C)CC6)CC[C@]5(C(=O)N5CCC(C(=O)CCCN6CCOCC6)CC5)CC[C@@]4(C)[C@]3(C)CC[C@H]2C1(C)C)C(=O)O. The van der Waals surface area contributed by atoms with E-state index in [2.05, 4.69) is 51.3 Å². The minimum absolute atomic E-state index is 0.0938. The Morgan fingerprint density at radius 2 is 1.42 bits per heavy atom. The molecule has 8 fully saturated rings. The van der Waals surface area contributed by atoms with Gasteiger partial charge in [0.2, 0.25) is 5.91 Å². The average molecular weight is 821 g/mol. The highest BCUT2D eigenvalue weighted by Crippen LogP contribution is 2.79. The summed E-state index contributed by atoms with van der Waals surface area (Å²) < 4.78 is 11.7. The smallest absolute Gasteiger partial charge is 0.309 e. The molecular formula is C50H80N2O7. The summed E-state index contributed by atoms with van der Waals surface area (Å²) in [5.74, 6) is 2.16. The summed E-state index contributed by atoms with van der Waals surface area (Å²) in [5.41, 5.74) is -0.808. The summed E-state index contributed by atoms with van der Waals surface area (Å²) in [4.78, 5) is 58.3. The van der Waals surface area contributed by atoms with Crippen molar-refractivity contribution in [3.63, 3.8) is 0 Å². The first-order chi connectivity index (χ1) is 27.7. The van der Waals surface area contributed by atoms with E-state index in [1.54, 1.807) is 13.8 Å². The molecule has 2 aliphatic heterocycles. The van der Waals surface area contributed by atoms with Gasteiger partial charge in [-0.15, -0.1) is 0 Å². The number of carbonyl (C=O) groups is 4. The third kappa shape index (κ3) is 7.16. The molecule has 0 bridgehead atoms. The third-order valence-corrected chi connectivity index (χ3v) is 20.4. The first-order valence-corrected chi connectivity index (χ1v) is 24.3. The van der Waals surface area contributed by atoms with Crippen molar-refractivity contribution in [2.24, 2.45) is 73.4 Å². The Bertz CT molecular complexity index is 1640. The lowest BCUT2D eigenvalue weighted by atomic mass is 9.32. The first kappa shape index (κ1) is 43.6. The van der Waals surface area contributed by atoms with Gasteiger partial charge in [-0.25, -0.2) is 0 Å². The van der Waals surface area contributed by atoms with Gasteiger partial charge < -0.3 is 19.5 Å². The van der Waals surface area contributed by atoms with Gasteiger partial charge in [-0.2, -0.15) is 0 Å². The second-order valence-electron chi connectivity index (χ2n) is 23.9. The number of Topliss-reactive ketones (excluding diaryl/α,β-unsaturated/α-hetero) is 1. The number of esters is 1. The molecule has 6 aliphatic carbocycles. The van der Waals surface area contributed by atoms with Crippen LogP contribution in [0.2, 0.25) is 0 Å². The van der Waals surface area contributed by atoms with E-state index >= 15 is 4.79 Å². The number of carbonyl (C=O) groups excluding carboxylic acids is 3. The minimum atomic E-state index is -1.15. The Labute approximate surface area is 356 Å². The summed E-state index contributed by atoms with van der Waals surface area (Å²) in [7, 11) is 0. The molecule has 0 radical (unpaired) electrons. The molecule has 9 heteroatoms. The Kier molecular flexibility index (Phi) is 11.4. The monoisotopic (exact) mass is 821 g/mol. The number of hydrogen-bond donors (Lipinski definition) is 1. The molecule has 0 spiro atoms. The largest absolute Gasteiger partial charge is 0.481 e. The van der Waals surface area contributed by atoms with Crippen LogP contribution in [0.25, 0.3) is 0 Å². The molecule has 332 valence electrons. The highest BCUT2D eigenvalue weighted by molar-refractivity contribution is 5.85. The lowest BCUT2D eigenvalue weighted by Crippen LogP contribution is -2.67. The number of hydrogen-bond acceptors (Lipinski definition) is 7. The number of fused-ring (bicyclic) bond motifs is 7. The van der Waals surface area contributed by atoms with Crippen molar-refractivity contribution >= 4 is 23.6 Å². The molecule has 1 N–H and O–H groups in total. The van der Waals surface area contributed by atoms with Gasteiger partial charge in [0.05, 0.1) is 30.5 Å². The molecule has 2 heterocycles. The van der Waals surface area contributed by atoms with Gasteiger partial charge in [0.15, 0.2) is 0 Å². The zero-order valence-corrected chi connectivity index (χ0v) is 38.3. The predicted molar refractivity (Wildman–Crippen MR) is 228 cm³/mol. The fraction of sp³-hybridized carbons (Fsp3) is 0.920. The maximum Gasteiger partial charge on any atom is 0.309 e. The second-order valence-corrected chi connectivity index (χ2v) is 23.9. The number of piperidine rings is 1. The zero-order chi connectivity index (χ0) is 42.4. The van der Waals surface area contributed by atoms with E-state index in [1.807, 2.05) is 0 Å². The molecule has 8 aliphatic rings. The van der Waals surface area contributed by atoms with Crippen LogP contribution in [0, 0.1) is 73.4 Å². The average Bonchev–Trinajstić information content (AvgIpc) is 3.80. The van der Waals surface area contributed by atoms with Crippen LogP contribution in [-0.4, -0.2) is 90.6 Å². The maximum absolute atomic E-state index is 15.3. The van der Waals surface area contributed by atoms with Crippen LogP contribution >= 0.6 is 0 Å². The second kappa shape index (κ2) is 15.4. The number of likely N-dealkylation sites (tertiary alicyclic amines) is 1. The van der Waals surface area contributed by atoms with E-state index in [4.69, 9.17) is 9.47 Å². The summed E-state index contributed by atoms with van der Waals surface area (Å²) in [6, 6.07) is 0. The number of ether oxygens (including phenoxy) is 2. The molecule has 1 amide bonds. The van der Waals surface area contributed by atoms with Gasteiger partial charge >= 0.3 is 11.9 Å². The van der Waals surface area contributed by atoms with Gasteiger partial charge in [-0.05, 0) is 168 Å². The number of nitrogens with zero attached hydrogens (tertiary/aromatic N) is 2. The Morgan fingerprint density at radius 3 is 2.08 bits per heavy atom. The molecule has 8 rings (SSSR count). The van der Waals surface area contributed by atoms with Crippen LogP contribution in [0.1, 0.15) is 165 Å². The quantitative estimate of drug-likeness (QED) is 0.206. The topological polar surface area (TPSA) is 113 Å². The van der Waals surface area contributed by atoms with E-state index in [-0.39, 0.29) is 45.5 Å². The lowest BCUT2D eigenvalue weighted by molar-refractivity contribution is -0.251. The summed E-state index contributed by atoms with van der Waals surface area (Å²) in [6.45, 7) is 24.3. The van der Waals surface area contributed by atoms with E-state index in [0.717, 1.165) is 104 Å². The fourth-order valence-electron chi connectivity index (χ4n) is 16.4. The van der Waals surface area contributed by atoms with E-state index in [9.17, 15) is 19.5 Å². The first-order valence-electron chi connectivity index (χ1n) is 24.3. The summed E-state index contributed by atoms with van der Waals surface area (Å²) >= 11 is 0. The summed E-state index contributed by atoms with van der Waals surface area (Å²) in [6.07, 6.45) is 16.4. The number of carboxylic acids is 1. The molecule has 9 nitrogen and oxygen atoms in total.